The summed E-state index contributed by atoms with van der Waals surface area (Å²) in [6.07, 6.45) is 0.835. The van der Waals surface area contributed by atoms with Gasteiger partial charge in [-0.3, -0.25) is 0 Å². The van der Waals surface area contributed by atoms with Gasteiger partial charge in [0.1, 0.15) is 11.5 Å². The molecule has 0 bridgehead atoms. The van der Waals surface area contributed by atoms with Crippen molar-refractivity contribution in [3.05, 3.63) is 23.8 Å². The van der Waals surface area contributed by atoms with Crippen LogP contribution in [0.5, 0.6) is 11.5 Å². The molecule has 0 N–H and O–H groups in total. The summed E-state index contributed by atoms with van der Waals surface area (Å²) in [6, 6.07) is 5.79. The first-order valence-electron chi connectivity index (χ1n) is 5.82. The average molecular weight is 236 g/mol. The zero-order chi connectivity index (χ0) is 11.8. The van der Waals surface area contributed by atoms with Crippen LogP contribution in [0.15, 0.2) is 18.2 Å². The SMILES string of the molecule is COc1ccc2c(c1)[C@@H](OC)[C@H]1CCO[C@H]1O2. The van der Waals surface area contributed by atoms with Crippen molar-refractivity contribution in [2.24, 2.45) is 5.92 Å². The molecule has 3 rings (SSSR count). The Morgan fingerprint density at radius 2 is 2.18 bits per heavy atom. The summed E-state index contributed by atoms with van der Waals surface area (Å²) in [5, 5.41) is 0. The van der Waals surface area contributed by atoms with Crippen molar-refractivity contribution in [2.75, 3.05) is 20.8 Å². The standard InChI is InChI=1S/C13H16O4/c1-14-8-3-4-11-10(7-8)12(15-2)9-5-6-16-13(9)17-11/h3-4,7,9,12-13H,5-6H2,1-2H3/t9-,12+,13+/m1/s1. The van der Waals surface area contributed by atoms with Crippen molar-refractivity contribution in [1.82, 2.24) is 0 Å². The van der Waals surface area contributed by atoms with E-state index >= 15 is 0 Å². The van der Waals surface area contributed by atoms with Gasteiger partial charge in [-0.15, -0.1) is 0 Å². The lowest BCUT2D eigenvalue weighted by molar-refractivity contribution is -0.112. The molecule has 0 radical (unpaired) electrons. The van der Waals surface area contributed by atoms with E-state index in [-0.39, 0.29) is 18.3 Å². The fourth-order valence-electron chi connectivity index (χ4n) is 2.64. The Labute approximate surface area is 100 Å². The lowest BCUT2D eigenvalue weighted by Crippen LogP contribution is -2.33. The third-order valence-electron chi connectivity index (χ3n) is 3.49. The maximum Gasteiger partial charge on any atom is 0.205 e. The monoisotopic (exact) mass is 236 g/mol. The first-order valence-corrected chi connectivity index (χ1v) is 5.82. The van der Waals surface area contributed by atoms with E-state index in [1.807, 2.05) is 18.2 Å². The van der Waals surface area contributed by atoms with Gasteiger partial charge in [0.25, 0.3) is 0 Å². The minimum Gasteiger partial charge on any atom is -0.497 e. The van der Waals surface area contributed by atoms with Crippen LogP contribution in [0, 0.1) is 5.92 Å². The molecule has 0 spiro atoms. The molecule has 2 aliphatic rings. The number of ether oxygens (including phenoxy) is 4. The summed E-state index contributed by atoms with van der Waals surface area (Å²) in [6.45, 7) is 0.736. The summed E-state index contributed by atoms with van der Waals surface area (Å²) in [5.74, 6) is 1.94. The summed E-state index contributed by atoms with van der Waals surface area (Å²) >= 11 is 0. The van der Waals surface area contributed by atoms with Crippen LogP contribution in [0.1, 0.15) is 18.1 Å². The molecule has 1 aromatic carbocycles. The van der Waals surface area contributed by atoms with E-state index in [0.717, 1.165) is 30.1 Å². The van der Waals surface area contributed by atoms with E-state index < -0.39 is 0 Å². The van der Waals surface area contributed by atoms with Gasteiger partial charge < -0.3 is 18.9 Å². The Balaban J connectivity index is 2.02. The molecule has 2 aliphatic heterocycles. The van der Waals surface area contributed by atoms with Crippen LogP contribution in [0.4, 0.5) is 0 Å². The van der Waals surface area contributed by atoms with E-state index in [2.05, 4.69) is 0 Å². The second-order valence-electron chi connectivity index (χ2n) is 4.37. The van der Waals surface area contributed by atoms with E-state index in [1.54, 1.807) is 14.2 Å². The Morgan fingerprint density at radius 1 is 1.29 bits per heavy atom. The van der Waals surface area contributed by atoms with Gasteiger partial charge in [0.05, 0.1) is 25.7 Å². The molecule has 0 amide bonds. The van der Waals surface area contributed by atoms with Crippen LogP contribution < -0.4 is 9.47 Å². The number of hydrogen-bond acceptors (Lipinski definition) is 4. The number of fused-ring (bicyclic) bond motifs is 2. The molecule has 0 saturated carbocycles. The van der Waals surface area contributed by atoms with E-state index in [0.29, 0.717) is 0 Å². The Morgan fingerprint density at radius 3 is 2.94 bits per heavy atom. The number of benzene rings is 1. The van der Waals surface area contributed by atoms with E-state index in [4.69, 9.17) is 18.9 Å². The molecule has 2 heterocycles. The second kappa shape index (κ2) is 4.20. The maximum atomic E-state index is 5.83. The second-order valence-corrected chi connectivity index (χ2v) is 4.37. The molecule has 3 atom stereocenters. The highest BCUT2D eigenvalue weighted by molar-refractivity contribution is 5.43. The number of hydrogen-bond donors (Lipinski definition) is 0. The molecule has 1 aromatic rings. The summed E-state index contributed by atoms with van der Waals surface area (Å²) in [4.78, 5) is 0. The number of methoxy groups -OCH3 is 2. The molecule has 1 saturated heterocycles. The molecule has 92 valence electrons. The lowest BCUT2D eigenvalue weighted by atomic mass is 9.90. The largest absolute Gasteiger partial charge is 0.497 e. The predicted molar refractivity (Wildman–Crippen MR) is 61.2 cm³/mol. The molecule has 0 aliphatic carbocycles. The van der Waals surface area contributed by atoms with Crippen LogP contribution in [0.25, 0.3) is 0 Å². The molecule has 4 nitrogen and oxygen atoms in total. The summed E-state index contributed by atoms with van der Waals surface area (Å²) in [5.41, 5.74) is 1.05. The van der Waals surface area contributed by atoms with Crippen LogP contribution in [0.3, 0.4) is 0 Å². The minimum atomic E-state index is -0.166. The number of rotatable bonds is 2. The van der Waals surface area contributed by atoms with Crippen molar-refractivity contribution in [1.29, 1.82) is 0 Å². The highest BCUT2D eigenvalue weighted by atomic mass is 16.7. The Hall–Kier alpha value is -1.26. The van der Waals surface area contributed by atoms with Crippen molar-refractivity contribution >= 4 is 0 Å². The lowest BCUT2D eigenvalue weighted by Gasteiger charge is -2.34. The molecule has 4 heteroatoms. The quantitative estimate of drug-likeness (QED) is 0.788. The first kappa shape index (κ1) is 10.9. The van der Waals surface area contributed by atoms with Gasteiger partial charge in [0, 0.05) is 12.7 Å². The molecule has 1 fully saturated rings. The van der Waals surface area contributed by atoms with Gasteiger partial charge in [-0.25, -0.2) is 0 Å². The molecule has 17 heavy (non-hydrogen) atoms. The maximum absolute atomic E-state index is 5.83. The fraction of sp³-hybridized carbons (Fsp3) is 0.538. The van der Waals surface area contributed by atoms with Crippen LogP contribution >= 0.6 is 0 Å². The van der Waals surface area contributed by atoms with Gasteiger partial charge >= 0.3 is 0 Å². The van der Waals surface area contributed by atoms with Gasteiger partial charge in [-0.2, -0.15) is 0 Å². The van der Waals surface area contributed by atoms with Crippen LogP contribution in [-0.2, 0) is 9.47 Å². The molecule has 0 aromatic heterocycles. The van der Waals surface area contributed by atoms with Gasteiger partial charge in [-0.05, 0) is 24.6 Å². The van der Waals surface area contributed by atoms with Gasteiger partial charge in [0.2, 0.25) is 6.29 Å². The van der Waals surface area contributed by atoms with Crippen molar-refractivity contribution < 1.29 is 18.9 Å². The highest BCUT2D eigenvalue weighted by Gasteiger charge is 2.42. The zero-order valence-electron chi connectivity index (χ0n) is 10.0. The minimum absolute atomic E-state index is 0.0290. The third-order valence-corrected chi connectivity index (χ3v) is 3.49. The summed E-state index contributed by atoms with van der Waals surface area (Å²) in [7, 11) is 3.39. The topological polar surface area (TPSA) is 36.9 Å². The molecule has 0 unspecified atom stereocenters. The first-order chi connectivity index (χ1) is 8.33. The van der Waals surface area contributed by atoms with Gasteiger partial charge in [-0.1, -0.05) is 0 Å². The predicted octanol–water partition coefficient (Wildman–Crippen LogP) is 2.14. The van der Waals surface area contributed by atoms with E-state index in [1.165, 1.54) is 0 Å². The summed E-state index contributed by atoms with van der Waals surface area (Å²) < 4.78 is 22.3. The van der Waals surface area contributed by atoms with Crippen LogP contribution in [-0.4, -0.2) is 27.1 Å². The Kier molecular flexibility index (Phi) is 2.68. The van der Waals surface area contributed by atoms with Crippen LogP contribution in [0.2, 0.25) is 0 Å². The van der Waals surface area contributed by atoms with Crippen molar-refractivity contribution in [3.63, 3.8) is 0 Å². The van der Waals surface area contributed by atoms with E-state index in [9.17, 15) is 0 Å². The zero-order valence-corrected chi connectivity index (χ0v) is 10.0. The average Bonchev–Trinajstić information content (AvgIpc) is 2.82. The third kappa shape index (κ3) is 1.68. The van der Waals surface area contributed by atoms with Crippen molar-refractivity contribution in [2.45, 2.75) is 18.8 Å². The normalized spacial score (nSPS) is 30.4. The van der Waals surface area contributed by atoms with Crippen molar-refractivity contribution in [3.8, 4) is 11.5 Å². The smallest absolute Gasteiger partial charge is 0.205 e. The molecular weight excluding hydrogens is 220 g/mol. The molecular formula is C13H16O4. The van der Waals surface area contributed by atoms with Gasteiger partial charge in [0.15, 0.2) is 0 Å². The fourth-order valence-corrected chi connectivity index (χ4v) is 2.64. The highest BCUT2D eigenvalue weighted by Crippen LogP contribution is 2.45. The Bertz CT molecular complexity index is 418.